The summed E-state index contributed by atoms with van der Waals surface area (Å²) < 4.78 is 0. The summed E-state index contributed by atoms with van der Waals surface area (Å²) in [6, 6.07) is 26.3. The van der Waals surface area contributed by atoms with E-state index in [1.165, 1.54) is 34.7 Å². The van der Waals surface area contributed by atoms with E-state index in [1.54, 1.807) is 0 Å². The molecular weight excluding hydrogens is 368 g/mol. The van der Waals surface area contributed by atoms with Gasteiger partial charge in [0.2, 0.25) is 5.91 Å². The van der Waals surface area contributed by atoms with Crippen LogP contribution in [0.5, 0.6) is 0 Å². The minimum atomic E-state index is 0.199. The van der Waals surface area contributed by atoms with E-state index in [-0.39, 0.29) is 11.9 Å². The van der Waals surface area contributed by atoms with Crippen LogP contribution in [0.3, 0.4) is 0 Å². The predicted octanol–water partition coefficient (Wildman–Crippen LogP) is 5.63. The summed E-state index contributed by atoms with van der Waals surface area (Å²) >= 11 is 0. The molecule has 0 atom stereocenters. The van der Waals surface area contributed by atoms with E-state index in [4.69, 9.17) is 0 Å². The van der Waals surface area contributed by atoms with Gasteiger partial charge in [-0.3, -0.25) is 9.69 Å². The smallest absolute Gasteiger partial charge is 0.224 e. The third kappa shape index (κ3) is 5.09. The van der Waals surface area contributed by atoms with Gasteiger partial charge in [-0.05, 0) is 48.6 Å². The first-order valence-corrected chi connectivity index (χ1v) is 11.2. The Morgan fingerprint density at radius 3 is 2.33 bits per heavy atom. The SMILES string of the molecule is CC(C)N(Cc1ccccc1)C(=O)CCN(Cc1cccc2ccccc12)C1CC1. The number of hydrogen-bond donors (Lipinski definition) is 0. The molecule has 1 fully saturated rings. The van der Waals surface area contributed by atoms with Crippen molar-refractivity contribution < 1.29 is 4.79 Å². The minimum absolute atomic E-state index is 0.199. The van der Waals surface area contributed by atoms with Gasteiger partial charge in [-0.15, -0.1) is 0 Å². The maximum Gasteiger partial charge on any atom is 0.224 e. The second-order valence-electron chi connectivity index (χ2n) is 8.69. The zero-order chi connectivity index (χ0) is 20.9. The molecule has 0 bridgehead atoms. The topological polar surface area (TPSA) is 23.6 Å². The number of rotatable bonds is 9. The van der Waals surface area contributed by atoms with Gasteiger partial charge >= 0.3 is 0 Å². The normalized spacial score (nSPS) is 13.9. The van der Waals surface area contributed by atoms with Crippen LogP contribution in [0.15, 0.2) is 72.8 Å². The van der Waals surface area contributed by atoms with Crippen molar-refractivity contribution in [3.63, 3.8) is 0 Å². The molecule has 30 heavy (non-hydrogen) atoms. The van der Waals surface area contributed by atoms with Crippen LogP contribution < -0.4 is 0 Å². The molecule has 156 valence electrons. The Labute approximate surface area is 180 Å². The van der Waals surface area contributed by atoms with Crippen molar-refractivity contribution in [2.24, 2.45) is 0 Å². The molecule has 1 aliphatic carbocycles. The van der Waals surface area contributed by atoms with Crippen LogP contribution in [0.4, 0.5) is 0 Å². The molecule has 1 saturated carbocycles. The first-order chi connectivity index (χ1) is 14.6. The first kappa shape index (κ1) is 20.6. The van der Waals surface area contributed by atoms with Crippen molar-refractivity contribution >= 4 is 16.7 Å². The third-order valence-electron chi connectivity index (χ3n) is 6.07. The molecule has 3 nitrogen and oxygen atoms in total. The average molecular weight is 401 g/mol. The summed E-state index contributed by atoms with van der Waals surface area (Å²) in [4.78, 5) is 17.6. The van der Waals surface area contributed by atoms with Gasteiger partial charge in [0.1, 0.15) is 0 Å². The van der Waals surface area contributed by atoms with Crippen LogP contribution in [0.1, 0.15) is 44.2 Å². The van der Waals surface area contributed by atoms with Crippen molar-refractivity contribution in [1.29, 1.82) is 0 Å². The fraction of sp³-hybridized carbons (Fsp3) is 0.370. The summed E-state index contributed by atoms with van der Waals surface area (Å²) in [7, 11) is 0. The Bertz CT molecular complexity index is 973. The molecule has 0 N–H and O–H groups in total. The van der Waals surface area contributed by atoms with E-state index in [0.29, 0.717) is 19.0 Å². The van der Waals surface area contributed by atoms with Crippen LogP contribution in [-0.2, 0) is 17.9 Å². The predicted molar refractivity (Wildman–Crippen MR) is 124 cm³/mol. The highest BCUT2D eigenvalue weighted by molar-refractivity contribution is 5.85. The van der Waals surface area contributed by atoms with E-state index in [1.807, 2.05) is 23.1 Å². The molecule has 0 radical (unpaired) electrons. The molecule has 3 aromatic carbocycles. The fourth-order valence-corrected chi connectivity index (χ4v) is 4.20. The zero-order valence-electron chi connectivity index (χ0n) is 18.1. The number of benzene rings is 3. The van der Waals surface area contributed by atoms with Crippen molar-refractivity contribution in [2.75, 3.05) is 6.54 Å². The molecular formula is C27H32N2O. The molecule has 0 aliphatic heterocycles. The van der Waals surface area contributed by atoms with Gasteiger partial charge in [0.05, 0.1) is 0 Å². The quantitative estimate of drug-likeness (QED) is 0.465. The van der Waals surface area contributed by atoms with E-state index in [0.717, 1.165) is 13.1 Å². The van der Waals surface area contributed by atoms with Gasteiger partial charge in [-0.25, -0.2) is 0 Å². The van der Waals surface area contributed by atoms with Crippen molar-refractivity contribution in [3.05, 3.63) is 83.9 Å². The molecule has 0 spiro atoms. The number of carbonyl (C=O) groups excluding carboxylic acids is 1. The largest absolute Gasteiger partial charge is 0.336 e. The van der Waals surface area contributed by atoms with Gasteiger partial charge in [-0.2, -0.15) is 0 Å². The number of hydrogen-bond acceptors (Lipinski definition) is 2. The van der Waals surface area contributed by atoms with Crippen LogP contribution >= 0.6 is 0 Å². The van der Waals surface area contributed by atoms with Gasteiger partial charge in [0, 0.05) is 38.1 Å². The minimum Gasteiger partial charge on any atom is -0.336 e. The lowest BCUT2D eigenvalue weighted by Gasteiger charge is -2.29. The summed E-state index contributed by atoms with van der Waals surface area (Å²) in [5, 5.41) is 2.61. The molecule has 1 amide bonds. The molecule has 3 aromatic rings. The summed E-state index contributed by atoms with van der Waals surface area (Å²) in [5.74, 6) is 0.248. The molecule has 0 aromatic heterocycles. The summed E-state index contributed by atoms with van der Waals surface area (Å²) in [5.41, 5.74) is 2.55. The number of nitrogens with zero attached hydrogens (tertiary/aromatic N) is 2. The Morgan fingerprint density at radius 1 is 0.900 bits per heavy atom. The molecule has 4 rings (SSSR count). The average Bonchev–Trinajstić information content (AvgIpc) is 3.61. The third-order valence-corrected chi connectivity index (χ3v) is 6.07. The molecule has 0 unspecified atom stereocenters. The van der Waals surface area contributed by atoms with Gasteiger partial charge < -0.3 is 4.90 Å². The lowest BCUT2D eigenvalue weighted by atomic mass is 10.0. The lowest BCUT2D eigenvalue weighted by Crippen LogP contribution is -2.38. The fourth-order valence-electron chi connectivity index (χ4n) is 4.20. The van der Waals surface area contributed by atoms with Crippen molar-refractivity contribution in [1.82, 2.24) is 9.80 Å². The highest BCUT2D eigenvalue weighted by Crippen LogP contribution is 2.30. The summed E-state index contributed by atoms with van der Waals surface area (Å²) in [6.45, 7) is 6.64. The number of fused-ring (bicyclic) bond motifs is 1. The highest BCUT2D eigenvalue weighted by atomic mass is 16.2. The molecule has 0 heterocycles. The summed E-state index contributed by atoms with van der Waals surface area (Å²) in [6.07, 6.45) is 3.07. The maximum absolute atomic E-state index is 13.1. The first-order valence-electron chi connectivity index (χ1n) is 11.2. The monoisotopic (exact) mass is 400 g/mol. The molecule has 1 aliphatic rings. The van der Waals surface area contributed by atoms with Crippen LogP contribution in [0.2, 0.25) is 0 Å². The van der Waals surface area contributed by atoms with Crippen LogP contribution in [0, 0.1) is 0 Å². The maximum atomic E-state index is 13.1. The second-order valence-corrected chi connectivity index (χ2v) is 8.69. The second kappa shape index (κ2) is 9.44. The van der Waals surface area contributed by atoms with E-state index in [2.05, 4.69) is 73.3 Å². The standard InChI is InChI=1S/C27H32N2O/c1-21(2)29(19-22-9-4-3-5-10-22)27(30)17-18-28(25-15-16-25)20-24-13-8-12-23-11-6-7-14-26(23)24/h3-14,21,25H,15-20H2,1-2H3. The number of carbonyl (C=O) groups is 1. The van der Waals surface area contributed by atoms with E-state index in [9.17, 15) is 4.79 Å². The van der Waals surface area contributed by atoms with Crippen LogP contribution in [0.25, 0.3) is 10.8 Å². The van der Waals surface area contributed by atoms with Crippen molar-refractivity contribution in [2.45, 2.75) is 58.3 Å². The molecule has 0 saturated heterocycles. The van der Waals surface area contributed by atoms with E-state index >= 15 is 0 Å². The Balaban J connectivity index is 1.42. The Morgan fingerprint density at radius 2 is 1.60 bits per heavy atom. The lowest BCUT2D eigenvalue weighted by molar-refractivity contribution is -0.134. The zero-order valence-corrected chi connectivity index (χ0v) is 18.1. The van der Waals surface area contributed by atoms with Gasteiger partial charge in [0.25, 0.3) is 0 Å². The number of amides is 1. The van der Waals surface area contributed by atoms with E-state index < -0.39 is 0 Å². The van der Waals surface area contributed by atoms with Crippen LogP contribution in [-0.4, -0.2) is 34.3 Å². The molecule has 3 heteroatoms. The van der Waals surface area contributed by atoms with Crippen molar-refractivity contribution in [3.8, 4) is 0 Å². The Hall–Kier alpha value is -2.65. The highest BCUT2D eigenvalue weighted by Gasteiger charge is 2.30. The van der Waals surface area contributed by atoms with Gasteiger partial charge in [0.15, 0.2) is 0 Å². The Kier molecular flexibility index (Phi) is 6.49. The van der Waals surface area contributed by atoms with Gasteiger partial charge in [-0.1, -0.05) is 72.8 Å².